The van der Waals surface area contributed by atoms with Crippen molar-refractivity contribution in [3.05, 3.63) is 28.2 Å². The fourth-order valence-corrected chi connectivity index (χ4v) is 2.49. The molecule has 1 aromatic carbocycles. The first kappa shape index (κ1) is 10.5. The monoisotopic (exact) mass is 268 g/mol. The molecule has 80 valence electrons. The van der Waals surface area contributed by atoms with Gasteiger partial charge in [0.1, 0.15) is 0 Å². The van der Waals surface area contributed by atoms with Crippen LogP contribution in [-0.4, -0.2) is 19.5 Å². The fraction of sp³-hybridized carbons (Fsp3) is 0.364. The van der Waals surface area contributed by atoms with Gasteiger partial charge in [-0.25, -0.2) is 0 Å². The van der Waals surface area contributed by atoms with E-state index in [2.05, 4.69) is 20.8 Å². The maximum Gasteiger partial charge on any atom is 0.229 e. The van der Waals surface area contributed by atoms with Gasteiger partial charge in [-0.2, -0.15) is 0 Å². The minimum atomic E-state index is -0.565. The Hall–Kier alpha value is -1.03. The predicted molar refractivity (Wildman–Crippen MR) is 64.0 cm³/mol. The lowest BCUT2D eigenvalue weighted by Crippen LogP contribution is -2.41. The third-order valence-electron chi connectivity index (χ3n) is 3.06. The molecule has 4 heteroatoms. The quantitative estimate of drug-likeness (QED) is 0.842. The van der Waals surface area contributed by atoms with Crippen molar-refractivity contribution in [3.8, 4) is 0 Å². The van der Waals surface area contributed by atoms with Gasteiger partial charge in [-0.05, 0) is 24.6 Å². The third kappa shape index (κ3) is 1.44. The molecule has 2 rings (SSSR count). The Bertz CT molecular complexity index is 433. The molecule has 15 heavy (non-hydrogen) atoms. The van der Waals surface area contributed by atoms with Crippen molar-refractivity contribution in [2.24, 2.45) is 5.73 Å². The zero-order valence-electron chi connectivity index (χ0n) is 8.75. The highest BCUT2D eigenvalue weighted by molar-refractivity contribution is 9.10. The average Bonchev–Trinajstić information content (AvgIpc) is 2.40. The number of nitrogens with zero attached hydrogens (tertiary/aromatic N) is 1. The molecule has 1 atom stereocenters. The maximum atomic E-state index is 11.5. The van der Waals surface area contributed by atoms with E-state index in [0.717, 1.165) is 15.7 Å². The normalized spacial score (nSPS) is 24.1. The van der Waals surface area contributed by atoms with Crippen LogP contribution in [0.2, 0.25) is 0 Å². The second kappa shape index (κ2) is 3.23. The molecule has 0 fully saturated rings. The number of likely N-dealkylation sites (N-methyl/N-ethyl adjacent to an activating group) is 1. The molecular formula is C11H13BrN2O. The highest BCUT2D eigenvalue weighted by Crippen LogP contribution is 2.40. The topological polar surface area (TPSA) is 46.3 Å². The Labute approximate surface area is 97.4 Å². The minimum Gasteiger partial charge on any atom is -0.373 e. The minimum absolute atomic E-state index is 0.268. The van der Waals surface area contributed by atoms with Crippen molar-refractivity contribution in [2.45, 2.75) is 12.3 Å². The van der Waals surface area contributed by atoms with Crippen molar-refractivity contribution < 1.29 is 4.79 Å². The van der Waals surface area contributed by atoms with Gasteiger partial charge >= 0.3 is 0 Å². The largest absolute Gasteiger partial charge is 0.373 e. The summed E-state index contributed by atoms with van der Waals surface area (Å²) in [5.74, 6) is -0.268. The molecule has 1 aromatic rings. The molecule has 2 N–H and O–H groups in total. The van der Waals surface area contributed by atoms with Crippen LogP contribution < -0.4 is 10.6 Å². The lowest BCUT2D eigenvalue weighted by atomic mass is 9.84. The van der Waals surface area contributed by atoms with Gasteiger partial charge in [-0.3, -0.25) is 4.79 Å². The van der Waals surface area contributed by atoms with Gasteiger partial charge < -0.3 is 10.6 Å². The molecule has 3 nitrogen and oxygen atoms in total. The molecule has 0 saturated heterocycles. The Balaban J connectivity index is 2.61. The van der Waals surface area contributed by atoms with E-state index in [4.69, 9.17) is 5.73 Å². The van der Waals surface area contributed by atoms with E-state index >= 15 is 0 Å². The molecular weight excluding hydrogens is 256 g/mol. The molecule has 0 aromatic heterocycles. The first-order valence-corrected chi connectivity index (χ1v) is 5.55. The van der Waals surface area contributed by atoms with Gasteiger partial charge in [0.25, 0.3) is 0 Å². The number of amides is 1. The van der Waals surface area contributed by atoms with E-state index in [9.17, 15) is 4.79 Å². The average molecular weight is 269 g/mol. The van der Waals surface area contributed by atoms with Gasteiger partial charge in [-0.15, -0.1) is 0 Å². The van der Waals surface area contributed by atoms with Crippen molar-refractivity contribution in [1.82, 2.24) is 0 Å². The smallest absolute Gasteiger partial charge is 0.229 e. The lowest BCUT2D eigenvalue weighted by Gasteiger charge is -2.20. The summed E-state index contributed by atoms with van der Waals surface area (Å²) in [5.41, 5.74) is 6.99. The van der Waals surface area contributed by atoms with Crippen LogP contribution in [0.15, 0.2) is 22.7 Å². The molecule has 0 bridgehead atoms. The van der Waals surface area contributed by atoms with E-state index in [1.165, 1.54) is 0 Å². The Morgan fingerprint density at radius 1 is 1.60 bits per heavy atom. The van der Waals surface area contributed by atoms with Gasteiger partial charge in [-0.1, -0.05) is 22.0 Å². The van der Waals surface area contributed by atoms with Crippen LogP contribution in [0.25, 0.3) is 0 Å². The summed E-state index contributed by atoms with van der Waals surface area (Å²) in [6, 6.07) is 5.93. The highest BCUT2D eigenvalue weighted by atomic mass is 79.9. The number of nitrogens with two attached hydrogens (primary N) is 1. The molecule has 0 radical (unpaired) electrons. The number of anilines is 1. The van der Waals surface area contributed by atoms with E-state index < -0.39 is 5.41 Å². The maximum absolute atomic E-state index is 11.5. The van der Waals surface area contributed by atoms with Crippen molar-refractivity contribution in [1.29, 1.82) is 0 Å². The second-order valence-corrected chi connectivity index (χ2v) is 5.13. The first-order chi connectivity index (χ1) is 6.95. The molecule has 0 spiro atoms. The SMILES string of the molecule is CN1CC(C)(C(N)=O)c2ccc(Br)cc21. The molecule has 1 heterocycles. The predicted octanol–water partition coefficient (Wildman–Crippen LogP) is 1.64. The molecule has 1 unspecified atom stereocenters. The number of carbonyl (C=O) groups excluding carboxylic acids is 1. The first-order valence-electron chi connectivity index (χ1n) is 4.76. The van der Waals surface area contributed by atoms with Crippen molar-refractivity contribution in [2.75, 3.05) is 18.5 Å². The third-order valence-corrected chi connectivity index (χ3v) is 3.56. The van der Waals surface area contributed by atoms with E-state index in [1.807, 2.05) is 32.2 Å². The summed E-state index contributed by atoms with van der Waals surface area (Å²) in [6.07, 6.45) is 0. The number of fused-ring (bicyclic) bond motifs is 1. The summed E-state index contributed by atoms with van der Waals surface area (Å²) < 4.78 is 1.02. The molecule has 0 aliphatic carbocycles. The summed E-state index contributed by atoms with van der Waals surface area (Å²) in [5, 5.41) is 0. The van der Waals surface area contributed by atoms with Crippen molar-refractivity contribution in [3.63, 3.8) is 0 Å². The van der Waals surface area contributed by atoms with E-state index in [-0.39, 0.29) is 5.91 Å². The van der Waals surface area contributed by atoms with Crippen LogP contribution in [0, 0.1) is 0 Å². The number of primary amides is 1. The van der Waals surface area contributed by atoms with Crippen LogP contribution in [-0.2, 0) is 10.2 Å². The number of benzene rings is 1. The van der Waals surface area contributed by atoms with Crippen LogP contribution in [0.4, 0.5) is 5.69 Å². The number of rotatable bonds is 1. The molecule has 1 amide bonds. The van der Waals surface area contributed by atoms with Crippen LogP contribution in [0.3, 0.4) is 0 Å². The zero-order chi connectivity index (χ0) is 11.2. The van der Waals surface area contributed by atoms with E-state index in [0.29, 0.717) is 6.54 Å². The van der Waals surface area contributed by atoms with Crippen molar-refractivity contribution >= 4 is 27.5 Å². The lowest BCUT2D eigenvalue weighted by molar-refractivity contribution is -0.122. The number of hydrogen-bond acceptors (Lipinski definition) is 2. The van der Waals surface area contributed by atoms with Crippen LogP contribution in [0.1, 0.15) is 12.5 Å². The standard InChI is InChI=1S/C11H13BrN2O/c1-11(10(13)15)6-14(2)9-5-7(12)3-4-8(9)11/h3-5H,6H2,1-2H3,(H2,13,15). The van der Waals surface area contributed by atoms with Crippen LogP contribution in [0.5, 0.6) is 0 Å². The summed E-state index contributed by atoms with van der Waals surface area (Å²) in [7, 11) is 1.97. The molecule has 0 saturated carbocycles. The Morgan fingerprint density at radius 2 is 2.27 bits per heavy atom. The van der Waals surface area contributed by atoms with Gasteiger partial charge in [0, 0.05) is 23.8 Å². The summed E-state index contributed by atoms with van der Waals surface area (Å²) >= 11 is 3.42. The van der Waals surface area contributed by atoms with Crippen LogP contribution >= 0.6 is 15.9 Å². The number of hydrogen-bond donors (Lipinski definition) is 1. The highest BCUT2D eigenvalue weighted by Gasteiger charge is 2.42. The van der Waals surface area contributed by atoms with Gasteiger partial charge in [0.2, 0.25) is 5.91 Å². The fourth-order valence-electron chi connectivity index (χ4n) is 2.14. The van der Waals surface area contributed by atoms with Gasteiger partial charge in [0.05, 0.1) is 5.41 Å². The second-order valence-electron chi connectivity index (χ2n) is 4.21. The summed E-state index contributed by atoms with van der Waals surface area (Å²) in [4.78, 5) is 13.6. The number of halogens is 1. The number of carbonyl (C=O) groups is 1. The zero-order valence-corrected chi connectivity index (χ0v) is 10.3. The Kier molecular flexibility index (Phi) is 2.26. The summed E-state index contributed by atoms with van der Waals surface area (Å²) in [6.45, 7) is 2.54. The van der Waals surface area contributed by atoms with E-state index in [1.54, 1.807) is 0 Å². The van der Waals surface area contributed by atoms with Gasteiger partial charge in [0.15, 0.2) is 0 Å². The molecule has 1 aliphatic heterocycles. The Morgan fingerprint density at radius 3 is 2.87 bits per heavy atom. The molecule has 1 aliphatic rings.